The van der Waals surface area contributed by atoms with Crippen LogP contribution in [0.3, 0.4) is 0 Å². The second-order valence-electron chi connectivity index (χ2n) is 5.95. The van der Waals surface area contributed by atoms with E-state index in [1.54, 1.807) is 12.1 Å². The molecule has 0 radical (unpaired) electrons. The number of benzene rings is 1. The Morgan fingerprint density at radius 2 is 2.00 bits per heavy atom. The number of phenolic OH excluding ortho intramolecular Hbond substituents is 1. The van der Waals surface area contributed by atoms with Crippen LogP contribution in [0.2, 0.25) is 0 Å². The van der Waals surface area contributed by atoms with Crippen molar-refractivity contribution >= 4 is 5.97 Å². The monoisotopic (exact) mass is 275 g/mol. The van der Waals surface area contributed by atoms with Crippen LogP contribution >= 0.6 is 0 Å². The van der Waals surface area contributed by atoms with Crippen LogP contribution in [0.4, 0.5) is 0 Å². The zero-order valence-corrected chi connectivity index (χ0v) is 12.0. The fourth-order valence-electron chi connectivity index (χ4n) is 3.99. The average Bonchev–Trinajstić information content (AvgIpc) is 2.70. The summed E-state index contributed by atoms with van der Waals surface area (Å²) in [4.78, 5) is 14.6. The van der Waals surface area contributed by atoms with Gasteiger partial charge in [-0.15, -0.1) is 0 Å². The minimum atomic E-state index is -0.111. The van der Waals surface area contributed by atoms with Crippen molar-refractivity contribution in [3.8, 4) is 5.75 Å². The lowest BCUT2D eigenvalue weighted by Gasteiger charge is -2.41. The molecule has 3 rings (SSSR count). The normalized spacial score (nSPS) is 33.1. The topological polar surface area (TPSA) is 49.8 Å². The fraction of sp³-hybridized carbons (Fsp3) is 0.562. The Morgan fingerprint density at radius 3 is 2.65 bits per heavy atom. The summed E-state index contributed by atoms with van der Waals surface area (Å²) in [5.74, 6) is 0.240. The van der Waals surface area contributed by atoms with Gasteiger partial charge in [0.05, 0.1) is 13.0 Å². The number of esters is 1. The van der Waals surface area contributed by atoms with Gasteiger partial charge >= 0.3 is 5.97 Å². The third kappa shape index (κ3) is 2.08. The minimum absolute atomic E-state index is 0.103. The van der Waals surface area contributed by atoms with Gasteiger partial charge in [0.15, 0.2) is 0 Å². The molecule has 4 nitrogen and oxygen atoms in total. The summed E-state index contributed by atoms with van der Waals surface area (Å²) in [5, 5.41) is 9.43. The van der Waals surface area contributed by atoms with Gasteiger partial charge < -0.3 is 9.84 Å². The van der Waals surface area contributed by atoms with E-state index in [1.807, 2.05) is 12.1 Å². The summed E-state index contributed by atoms with van der Waals surface area (Å²) in [6, 6.07) is 8.09. The first-order valence-corrected chi connectivity index (χ1v) is 7.20. The average molecular weight is 275 g/mol. The Bertz CT molecular complexity index is 499. The first-order valence-electron chi connectivity index (χ1n) is 7.20. The molecule has 1 aromatic carbocycles. The highest BCUT2D eigenvalue weighted by atomic mass is 16.5. The van der Waals surface area contributed by atoms with E-state index in [2.05, 4.69) is 11.9 Å². The van der Waals surface area contributed by atoms with Gasteiger partial charge in [-0.3, -0.25) is 9.69 Å². The lowest BCUT2D eigenvalue weighted by atomic mass is 9.76. The maximum Gasteiger partial charge on any atom is 0.310 e. The highest BCUT2D eigenvalue weighted by Crippen LogP contribution is 2.46. The Hall–Kier alpha value is -1.55. The van der Waals surface area contributed by atoms with E-state index in [0.29, 0.717) is 6.04 Å². The second kappa shape index (κ2) is 5.09. The summed E-state index contributed by atoms with van der Waals surface area (Å²) in [6.45, 7) is 0. The molecule has 4 heteroatoms. The van der Waals surface area contributed by atoms with Gasteiger partial charge in [0.2, 0.25) is 0 Å². The summed E-state index contributed by atoms with van der Waals surface area (Å²) >= 11 is 0. The maximum absolute atomic E-state index is 12.3. The van der Waals surface area contributed by atoms with E-state index >= 15 is 0 Å². The number of carbonyl (C=O) groups excluding carboxylic acids is 1. The van der Waals surface area contributed by atoms with E-state index in [0.717, 1.165) is 24.8 Å². The predicted octanol–water partition coefficient (Wildman–Crippen LogP) is 2.13. The second-order valence-corrected chi connectivity index (χ2v) is 5.95. The van der Waals surface area contributed by atoms with Crippen LogP contribution in [0, 0.1) is 5.92 Å². The first kappa shape index (κ1) is 13.4. The molecule has 0 aromatic heterocycles. The number of piperidine rings is 1. The molecule has 2 aliphatic heterocycles. The predicted molar refractivity (Wildman–Crippen MR) is 75.5 cm³/mol. The lowest BCUT2D eigenvalue weighted by Crippen LogP contribution is -2.49. The SMILES string of the molecule is COC(=O)C1C2CCC(C[C@@H]1c1ccc(O)cc1)N2C. The van der Waals surface area contributed by atoms with Crippen LogP contribution in [0.15, 0.2) is 24.3 Å². The van der Waals surface area contributed by atoms with Crippen LogP contribution in [0.25, 0.3) is 0 Å². The molecule has 3 unspecified atom stereocenters. The number of aromatic hydroxyl groups is 1. The lowest BCUT2D eigenvalue weighted by molar-refractivity contribution is -0.150. The van der Waals surface area contributed by atoms with Crippen molar-refractivity contribution in [2.45, 2.75) is 37.3 Å². The van der Waals surface area contributed by atoms with Gasteiger partial charge in [-0.1, -0.05) is 12.1 Å². The number of carbonyl (C=O) groups is 1. The van der Waals surface area contributed by atoms with E-state index < -0.39 is 0 Å². The Morgan fingerprint density at radius 1 is 1.30 bits per heavy atom. The molecule has 0 amide bonds. The van der Waals surface area contributed by atoms with E-state index in [9.17, 15) is 9.90 Å². The van der Waals surface area contributed by atoms with Crippen LogP contribution in [0.1, 0.15) is 30.7 Å². The number of phenols is 1. The molecular weight excluding hydrogens is 254 g/mol. The van der Waals surface area contributed by atoms with Gasteiger partial charge in [0.25, 0.3) is 0 Å². The Kier molecular flexibility index (Phi) is 3.42. The van der Waals surface area contributed by atoms with Gasteiger partial charge in [-0.05, 0) is 44.0 Å². The zero-order valence-electron chi connectivity index (χ0n) is 12.0. The Balaban J connectivity index is 1.95. The molecule has 20 heavy (non-hydrogen) atoms. The van der Waals surface area contributed by atoms with Crippen LogP contribution in [-0.2, 0) is 9.53 Å². The van der Waals surface area contributed by atoms with E-state index in [4.69, 9.17) is 4.74 Å². The molecule has 4 atom stereocenters. The fourth-order valence-corrected chi connectivity index (χ4v) is 3.99. The highest BCUT2D eigenvalue weighted by molar-refractivity contribution is 5.75. The van der Waals surface area contributed by atoms with Gasteiger partial charge in [-0.2, -0.15) is 0 Å². The van der Waals surface area contributed by atoms with E-state index in [1.165, 1.54) is 7.11 Å². The highest BCUT2D eigenvalue weighted by Gasteiger charge is 2.49. The third-order valence-corrected chi connectivity index (χ3v) is 5.06. The third-order valence-electron chi connectivity index (χ3n) is 5.06. The molecule has 2 saturated heterocycles. The van der Waals surface area contributed by atoms with Crippen LogP contribution < -0.4 is 0 Å². The van der Waals surface area contributed by atoms with Crippen molar-refractivity contribution in [2.24, 2.45) is 5.92 Å². The number of nitrogens with zero attached hydrogens (tertiary/aromatic N) is 1. The largest absolute Gasteiger partial charge is 0.508 e. The molecule has 0 saturated carbocycles. The molecular formula is C16H21NO3. The first-order chi connectivity index (χ1) is 9.61. The number of rotatable bonds is 2. The molecule has 2 aliphatic rings. The minimum Gasteiger partial charge on any atom is -0.508 e. The zero-order chi connectivity index (χ0) is 14.3. The molecule has 2 bridgehead atoms. The van der Waals surface area contributed by atoms with Gasteiger partial charge in [-0.25, -0.2) is 0 Å². The van der Waals surface area contributed by atoms with Crippen molar-refractivity contribution in [2.75, 3.05) is 14.2 Å². The van der Waals surface area contributed by atoms with Gasteiger partial charge in [0.1, 0.15) is 5.75 Å². The number of methoxy groups -OCH3 is 1. The van der Waals surface area contributed by atoms with Crippen molar-refractivity contribution in [3.63, 3.8) is 0 Å². The number of ether oxygens (including phenoxy) is 1. The molecule has 2 heterocycles. The van der Waals surface area contributed by atoms with Crippen molar-refractivity contribution < 1.29 is 14.6 Å². The van der Waals surface area contributed by atoms with Gasteiger partial charge in [0, 0.05) is 18.0 Å². The summed E-state index contributed by atoms with van der Waals surface area (Å²) in [6.07, 6.45) is 3.20. The number of hydrogen-bond acceptors (Lipinski definition) is 4. The molecule has 1 N–H and O–H groups in total. The maximum atomic E-state index is 12.3. The standard InChI is InChI=1S/C16H21NO3/c1-17-11-5-8-14(17)15(16(19)20-2)13(9-11)10-3-6-12(18)7-4-10/h3-4,6-7,11,13-15,18H,5,8-9H2,1-2H3/t11?,13-,14?,15?/m1/s1. The molecule has 108 valence electrons. The van der Waals surface area contributed by atoms with Crippen molar-refractivity contribution in [1.29, 1.82) is 0 Å². The van der Waals surface area contributed by atoms with E-state index in [-0.39, 0.29) is 29.6 Å². The quantitative estimate of drug-likeness (QED) is 0.840. The molecule has 2 fully saturated rings. The van der Waals surface area contributed by atoms with Crippen molar-refractivity contribution in [1.82, 2.24) is 4.90 Å². The Labute approximate surface area is 119 Å². The summed E-state index contributed by atoms with van der Waals surface area (Å²) in [7, 11) is 3.59. The smallest absolute Gasteiger partial charge is 0.310 e. The van der Waals surface area contributed by atoms with Crippen LogP contribution in [-0.4, -0.2) is 42.2 Å². The summed E-state index contributed by atoms with van der Waals surface area (Å²) < 4.78 is 5.05. The van der Waals surface area contributed by atoms with Crippen LogP contribution in [0.5, 0.6) is 5.75 Å². The van der Waals surface area contributed by atoms with Crippen molar-refractivity contribution in [3.05, 3.63) is 29.8 Å². The number of hydrogen-bond donors (Lipinski definition) is 1. The molecule has 0 aliphatic carbocycles. The molecule has 1 aromatic rings. The number of fused-ring (bicyclic) bond motifs is 2. The molecule has 0 spiro atoms. The summed E-state index contributed by atoms with van der Waals surface area (Å²) in [5.41, 5.74) is 1.13.